The number of rotatable bonds is 3. The lowest BCUT2D eigenvalue weighted by Crippen LogP contribution is -2.42. The van der Waals surface area contributed by atoms with Gasteiger partial charge in [0.05, 0.1) is 37.7 Å². The van der Waals surface area contributed by atoms with Gasteiger partial charge in [-0.25, -0.2) is 27.2 Å². The first kappa shape index (κ1) is 30.6. The number of imidazole rings is 1. The molecule has 0 N–H and O–H groups in total. The highest BCUT2D eigenvalue weighted by atomic mass is 32.2. The lowest BCUT2D eigenvalue weighted by molar-refractivity contribution is 0.0159. The van der Waals surface area contributed by atoms with Crippen LogP contribution in [0.5, 0.6) is 0 Å². The second-order valence-corrected chi connectivity index (χ2v) is 15.0. The van der Waals surface area contributed by atoms with Gasteiger partial charge in [0, 0.05) is 42.9 Å². The standard InChI is InChI=1S/C33H37FN6O4S/c1-19-15-25(16-20(2)29(19)34)40-30(28-22(4)37(12-11-26(28)35-40)32(42)44-33(5,6)7)39-14-13-38(31(39)41)24-9-10-27-23(18-24)17-21(3)36-45(27,8)43/h9-10,13-18,22H,11-12H2,1-8H3/t22-,45?/m0/s1. The third-order valence-corrected chi connectivity index (χ3v) is 9.93. The Bertz CT molecular complexity index is 2080. The molecule has 0 saturated heterocycles. The largest absolute Gasteiger partial charge is 0.444 e. The number of hydrogen-bond acceptors (Lipinski definition) is 6. The van der Waals surface area contributed by atoms with Crippen LogP contribution < -0.4 is 5.69 Å². The van der Waals surface area contributed by atoms with Crippen LogP contribution in [0.4, 0.5) is 9.18 Å². The average Bonchev–Trinajstić information content (AvgIpc) is 3.50. The summed E-state index contributed by atoms with van der Waals surface area (Å²) in [4.78, 5) is 29.8. The highest BCUT2D eigenvalue weighted by Crippen LogP contribution is 2.36. The molecule has 0 aliphatic carbocycles. The maximum absolute atomic E-state index is 14.7. The monoisotopic (exact) mass is 632 g/mol. The van der Waals surface area contributed by atoms with Gasteiger partial charge in [-0.2, -0.15) is 5.10 Å². The van der Waals surface area contributed by atoms with E-state index in [0.717, 1.165) is 11.3 Å². The summed E-state index contributed by atoms with van der Waals surface area (Å²) >= 11 is 0. The van der Waals surface area contributed by atoms with Crippen LogP contribution in [0.15, 0.2) is 62.5 Å². The van der Waals surface area contributed by atoms with E-state index in [4.69, 9.17) is 9.84 Å². The Morgan fingerprint density at radius 2 is 1.71 bits per heavy atom. The zero-order chi connectivity index (χ0) is 32.6. The summed E-state index contributed by atoms with van der Waals surface area (Å²) < 4.78 is 42.5. The van der Waals surface area contributed by atoms with Crippen molar-refractivity contribution in [3.63, 3.8) is 0 Å². The number of allylic oxidation sites excluding steroid dienone is 1. The van der Waals surface area contributed by atoms with Gasteiger partial charge in [-0.15, -0.1) is 0 Å². The molecule has 2 aliphatic rings. The maximum Gasteiger partial charge on any atom is 0.410 e. The summed E-state index contributed by atoms with van der Waals surface area (Å²) in [5, 5.41) is 4.93. The van der Waals surface area contributed by atoms with Crippen LogP contribution in [0.1, 0.15) is 68.6 Å². The molecule has 0 bridgehead atoms. The molecule has 2 aromatic heterocycles. The SMILES string of the molecule is CC1=Cc2cc(-n3ccn(-c4c5c(nn4-c4cc(C)c(F)c(C)c4)CCN(C(=O)OC(C)(C)C)[C@H]5C)c3=O)ccc2S(C)(=O)=N1. The molecular formula is C33H37FN6O4S. The predicted molar refractivity (Wildman–Crippen MR) is 171 cm³/mol. The number of nitrogens with zero attached hydrogens (tertiary/aromatic N) is 6. The Morgan fingerprint density at radius 1 is 1.04 bits per heavy atom. The van der Waals surface area contributed by atoms with Gasteiger partial charge in [-0.1, -0.05) is 0 Å². The fourth-order valence-corrected chi connectivity index (χ4v) is 7.71. The van der Waals surface area contributed by atoms with Gasteiger partial charge in [0.2, 0.25) is 0 Å². The van der Waals surface area contributed by atoms with Gasteiger partial charge in [0.1, 0.15) is 17.2 Å². The molecule has 10 nitrogen and oxygen atoms in total. The number of ether oxygens (including phenoxy) is 1. The zero-order valence-corrected chi connectivity index (χ0v) is 27.5. The first-order chi connectivity index (χ1) is 21.1. The van der Waals surface area contributed by atoms with Gasteiger partial charge in [0.15, 0.2) is 0 Å². The van der Waals surface area contributed by atoms with E-state index in [1.807, 2.05) is 39.8 Å². The van der Waals surface area contributed by atoms with Crippen molar-refractivity contribution in [3.05, 3.63) is 92.7 Å². The van der Waals surface area contributed by atoms with Gasteiger partial charge in [-0.3, -0.25) is 9.13 Å². The van der Waals surface area contributed by atoms with Crippen LogP contribution in [-0.4, -0.2) is 52.5 Å². The Morgan fingerprint density at radius 3 is 2.38 bits per heavy atom. The first-order valence-electron chi connectivity index (χ1n) is 14.8. The molecule has 6 rings (SSSR count). The van der Waals surface area contributed by atoms with Gasteiger partial charge < -0.3 is 9.64 Å². The van der Waals surface area contributed by atoms with Gasteiger partial charge >= 0.3 is 11.8 Å². The van der Waals surface area contributed by atoms with E-state index < -0.39 is 27.5 Å². The molecule has 0 saturated carbocycles. The average molecular weight is 633 g/mol. The molecule has 1 unspecified atom stereocenters. The van der Waals surface area contributed by atoms with Crippen LogP contribution in [-0.2, 0) is 20.9 Å². The molecular weight excluding hydrogens is 595 g/mol. The highest BCUT2D eigenvalue weighted by molar-refractivity contribution is 7.93. The number of hydrogen-bond donors (Lipinski definition) is 0. The van der Waals surface area contributed by atoms with Crippen LogP contribution >= 0.6 is 0 Å². The minimum absolute atomic E-state index is 0.300. The third-order valence-electron chi connectivity index (χ3n) is 8.11. The minimum atomic E-state index is -2.58. The van der Waals surface area contributed by atoms with E-state index in [1.54, 1.807) is 73.3 Å². The number of benzene rings is 2. The molecule has 0 radical (unpaired) electrons. The van der Waals surface area contributed by atoms with E-state index in [0.29, 0.717) is 57.4 Å². The smallest absolute Gasteiger partial charge is 0.410 e. The van der Waals surface area contributed by atoms with E-state index in [9.17, 15) is 18.2 Å². The summed E-state index contributed by atoms with van der Waals surface area (Å²) in [6, 6.07) is 8.27. The minimum Gasteiger partial charge on any atom is -0.444 e. The summed E-state index contributed by atoms with van der Waals surface area (Å²) in [7, 11) is -2.58. The third kappa shape index (κ3) is 5.30. The van der Waals surface area contributed by atoms with Crippen molar-refractivity contribution >= 4 is 21.9 Å². The fraction of sp³-hybridized carbons (Fsp3) is 0.364. The van der Waals surface area contributed by atoms with Crippen LogP contribution in [0.25, 0.3) is 23.3 Å². The van der Waals surface area contributed by atoms with Crippen LogP contribution in [0.3, 0.4) is 0 Å². The van der Waals surface area contributed by atoms with Crippen molar-refractivity contribution in [2.75, 3.05) is 12.8 Å². The van der Waals surface area contributed by atoms with Crippen molar-refractivity contribution in [1.29, 1.82) is 0 Å². The number of amides is 1. The summed E-state index contributed by atoms with van der Waals surface area (Å²) in [5.74, 6) is 0.162. The second kappa shape index (κ2) is 10.6. The highest BCUT2D eigenvalue weighted by Gasteiger charge is 2.37. The number of fused-ring (bicyclic) bond motifs is 2. The van der Waals surface area contributed by atoms with Crippen molar-refractivity contribution in [3.8, 4) is 17.2 Å². The fourth-order valence-electron chi connectivity index (χ4n) is 6.13. The predicted octanol–water partition coefficient (Wildman–Crippen LogP) is 6.26. The van der Waals surface area contributed by atoms with Crippen molar-refractivity contribution in [2.45, 2.75) is 71.4 Å². The summed E-state index contributed by atoms with van der Waals surface area (Å²) in [5.41, 5.74) is 3.91. The number of aromatic nitrogens is 4. The molecule has 236 valence electrons. The molecule has 4 heterocycles. The maximum atomic E-state index is 14.7. The molecule has 1 amide bonds. The molecule has 2 aromatic carbocycles. The number of carbonyl (C=O) groups is 1. The van der Waals surface area contributed by atoms with Crippen LogP contribution in [0, 0.1) is 19.7 Å². The van der Waals surface area contributed by atoms with E-state index in [-0.39, 0.29) is 11.5 Å². The van der Waals surface area contributed by atoms with Gasteiger partial charge in [0.25, 0.3) is 0 Å². The quantitative estimate of drug-likeness (QED) is 0.266. The zero-order valence-electron chi connectivity index (χ0n) is 26.7. The normalized spacial score (nSPS) is 19.4. The van der Waals surface area contributed by atoms with Gasteiger partial charge in [-0.05, 0) is 102 Å². The Kier molecular flexibility index (Phi) is 7.18. The molecule has 12 heteroatoms. The molecule has 2 atom stereocenters. The number of aryl methyl sites for hydroxylation is 2. The number of carbonyl (C=O) groups excluding carboxylic acids is 1. The lowest BCUT2D eigenvalue weighted by Gasteiger charge is -2.34. The second-order valence-electron chi connectivity index (χ2n) is 12.8. The van der Waals surface area contributed by atoms with Crippen molar-refractivity contribution in [1.82, 2.24) is 23.8 Å². The Labute approximate surface area is 261 Å². The number of halogens is 1. The summed E-state index contributed by atoms with van der Waals surface area (Å²) in [6.07, 6.45) is 6.79. The van der Waals surface area contributed by atoms with E-state index >= 15 is 0 Å². The molecule has 4 aromatic rings. The Hall–Kier alpha value is -4.45. The van der Waals surface area contributed by atoms with Crippen molar-refractivity contribution in [2.24, 2.45) is 4.36 Å². The molecule has 45 heavy (non-hydrogen) atoms. The Balaban J connectivity index is 1.53. The summed E-state index contributed by atoms with van der Waals surface area (Å²) in [6.45, 7) is 12.9. The lowest BCUT2D eigenvalue weighted by atomic mass is 10.00. The topological polar surface area (TPSA) is 104 Å². The van der Waals surface area contributed by atoms with Crippen molar-refractivity contribution < 1.29 is 18.1 Å². The van der Waals surface area contributed by atoms with Crippen LogP contribution in [0.2, 0.25) is 0 Å². The first-order valence-corrected chi connectivity index (χ1v) is 16.7. The van der Waals surface area contributed by atoms with E-state index in [1.165, 1.54) is 9.13 Å². The molecule has 0 fully saturated rings. The molecule has 0 spiro atoms. The van der Waals surface area contributed by atoms with E-state index in [2.05, 4.69) is 4.36 Å². The molecule has 2 aliphatic heterocycles.